The minimum absolute atomic E-state index is 0.000481. The van der Waals surface area contributed by atoms with E-state index in [4.69, 9.17) is 14.7 Å². The lowest BCUT2D eigenvalue weighted by Gasteiger charge is -2.34. The first-order valence-corrected chi connectivity index (χ1v) is 10.2. The fourth-order valence-electron chi connectivity index (χ4n) is 3.68. The number of amides is 1. The highest BCUT2D eigenvalue weighted by Crippen LogP contribution is 2.25. The Morgan fingerprint density at radius 2 is 2.13 bits per heavy atom. The predicted octanol–water partition coefficient (Wildman–Crippen LogP) is 1.90. The van der Waals surface area contributed by atoms with Crippen LogP contribution in [0.3, 0.4) is 0 Å². The zero-order valence-electron chi connectivity index (χ0n) is 17.9. The Hall–Kier alpha value is -3.00. The van der Waals surface area contributed by atoms with Crippen molar-refractivity contribution in [2.75, 3.05) is 38.2 Å². The topological polar surface area (TPSA) is 87.7 Å². The smallest absolute Gasteiger partial charge is 0.307 e. The van der Waals surface area contributed by atoms with Crippen LogP contribution in [-0.4, -0.2) is 66.1 Å². The van der Waals surface area contributed by atoms with Gasteiger partial charge in [-0.25, -0.2) is 9.97 Å². The third-order valence-electron chi connectivity index (χ3n) is 5.15. The van der Waals surface area contributed by atoms with Crippen LogP contribution in [0.2, 0.25) is 0 Å². The van der Waals surface area contributed by atoms with E-state index in [-0.39, 0.29) is 12.3 Å². The van der Waals surface area contributed by atoms with Crippen LogP contribution < -0.4 is 10.2 Å². The Labute approximate surface area is 176 Å². The van der Waals surface area contributed by atoms with Gasteiger partial charge in [0.2, 0.25) is 5.91 Å². The van der Waals surface area contributed by atoms with Crippen LogP contribution in [0, 0.1) is 0 Å². The highest BCUT2D eigenvalue weighted by molar-refractivity contribution is 5.90. The fourth-order valence-corrected chi connectivity index (χ4v) is 3.68. The molecule has 30 heavy (non-hydrogen) atoms. The minimum Gasteiger partial charge on any atom is -0.469 e. The number of likely N-dealkylation sites (N-methyl/N-ethyl adjacent to an activating group) is 1. The largest absolute Gasteiger partial charge is 0.469 e. The second-order valence-electron chi connectivity index (χ2n) is 7.51. The molecule has 8 heteroatoms. The molecule has 0 aliphatic carbocycles. The molecule has 1 amide bonds. The molecular weight excluding hydrogens is 382 g/mol. The summed E-state index contributed by atoms with van der Waals surface area (Å²) >= 11 is 0. The van der Waals surface area contributed by atoms with Gasteiger partial charge in [0.1, 0.15) is 17.7 Å². The molecule has 1 aliphatic rings. The molecule has 1 aliphatic heterocycles. The van der Waals surface area contributed by atoms with Crippen LogP contribution in [0.25, 0.3) is 10.9 Å². The Kier molecular flexibility index (Phi) is 6.99. The zero-order chi connectivity index (χ0) is 21.7. The molecule has 1 aromatic heterocycles. The highest BCUT2D eigenvalue weighted by Gasteiger charge is 2.32. The molecule has 160 valence electrons. The Bertz CT molecular complexity index is 946. The molecule has 0 spiro atoms. The van der Waals surface area contributed by atoms with Crippen LogP contribution >= 0.6 is 0 Å². The molecule has 1 aromatic carbocycles. The molecule has 2 aromatic rings. The maximum atomic E-state index is 12.4. The fraction of sp³-hybridized carbons (Fsp3) is 0.455. The number of fused-ring (bicyclic) bond motifs is 1. The third-order valence-corrected chi connectivity index (χ3v) is 5.15. The van der Waals surface area contributed by atoms with Gasteiger partial charge in [0.15, 0.2) is 0 Å². The number of rotatable bonds is 8. The SMILES string of the molecule is C=C(C)CN(CC)c1nc(CN2CCNC(=O)C2CC(=O)OC)nc2ccccc12. The van der Waals surface area contributed by atoms with Gasteiger partial charge in [0.25, 0.3) is 0 Å². The lowest BCUT2D eigenvalue weighted by molar-refractivity contribution is -0.146. The number of nitrogens with zero attached hydrogens (tertiary/aromatic N) is 4. The Morgan fingerprint density at radius 3 is 2.83 bits per heavy atom. The summed E-state index contributed by atoms with van der Waals surface area (Å²) < 4.78 is 4.77. The number of methoxy groups -OCH3 is 1. The second kappa shape index (κ2) is 9.67. The van der Waals surface area contributed by atoms with Crippen molar-refractivity contribution in [3.05, 3.63) is 42.2 Å². The van der Waals surface area contributed by atoms with Crippen molar-refractivity contribution < 1.29 is 14.3 Å². The van der Waals surface area contributed by atoms with Crippen LogP contribution in [0.1, 0.15) is 26.1 Å². The van der Waals surface area contributed by atoms with E-state index in [0.29, 0.717) is 32.0 Å². The second-order valence-corrected chi connectivity index (χ2v) is 7.51. The number of hydrogen-bond donors (Lipinski definition) is 1. The number of anilines is 1. The Morgan fingerprint density at radius 1 is 1.37 bits per heavy atom. The normalized spacial score (nSPS) is 16.9. The van der Waals surface area contributed by atoms with Gasteiger partial charge in [-0.2, -0.15) is 0 Å². The number of para-hydroxylation sites is 1. The summed E-state index contributed by atoms with van der Waals surface area (Å²) in [7, 11) is 1.33. The van der Waals surface area contributed by atoms with E-state index in [1.807, 2.05) is 36.1 Å². The maximum Gasteiger partial charge on any atom is 0.307 e. The number of aromatic nitrogens is 2. The van der Waals surface area contributed by atoms with Gasteiger partial charge >= 0.3 is 5.97 Å². The molecule has 0 saturated carbocycles. The molecule has 1 fully saturated rings. The predicted molar refractivity (Wildman–Crippen MR) is 116 cm³/mol. The van der Waals surface area contributed by atoms with Crippen LogP contribution in [0.5, 0.6) is 0 Å². The molecule has 0 radical (unpaired) electrons. The average Bonchev–Trinajstić information content (AvgIpc) is 2.73. The van der Waals surface area contributed by atoms with Crippen molar-refractivity contribution in [2.24, 2.45) is 0 Å². The van der Waals surface area contributed by atoms with Crippen LogP contribution in [-0.2, 0) is 20.9 Å². The van der Waals surface area contributed by atoms with Gasteiger partial charge in [0.05, 0.1) is 25.6 Å². The molecule has 3 rings (SSSR count). The number of piperazine rings is 1. The first-order chi connectivity index (χ1) is 14.4. The van der Waals surface area contributed by atoms with Gasteiger partial charge < -0.3 is 15.0 Å². The summed E-state index contributed by atoms with van der Waals surface area (Å²) in [5.41, 5.74) is 1.90. The van der Waals surface area contributed by atoms with E-state index < -0.39 is 12.0 Å². The number of ether oxygens (including phenoxy) is 1. The van der Waals surface area contributed by atoms with Gasteiger partial charge in [0, 0.05) is 31.6 Å². The number of carbonyl (C=O) groups excluding carboxylic acids is 2. The van der Waals surface area contributed by atoms with Crippen LogP contribution in [0.15, 0.2) is 36.4 Å². The summed E-state index contributed by atoms with van der Waals surface area (Å²) in [5, 5.41) is 3.80. The monoisotopic (exact) mass is 411 g/mol. The van der Waals surface area contributed by atoms with Crippen molar-refractivity contribution >= 4 is 28.6 Å². The highest BCUT2D eigenvalue weighted by atomic mass is 16.5. The molecule has 1 N–H and O–H groups in total. The average molecular weight is 412 g/mol. The minimum atomic E-state index is -0.595. The molecule has 8 nitrogen and oxygen atoms in total. The third kappa shape index (κ3) is 4.94. The van der Waals surface area contributed by atoms with Gasteiger partial charge in [-0.15, -0.1) is 0 Å². The quantitative estimate of drug-likeness (QED) is 0.524. The van der Waals surface area contributed by atoms with Gasteiger partial charge in [-0.1, -0.05) is 24.3 Å². The number of nitrogens with one attached hydrogen (secondary N) is 1. The first-order valence-electron chi connectivity index (χ1n) is 10.2. The van der Waals surface area contributed by atoms with Gasteiger partial charge in [-0.05, 0) is 26.0 Å². The van der Waals surface area contributed by atoms with E-state index in [1.165, 1.54) is 7.11 Å². The molecule has 1 unspecified atom stereocenters. The molecule has 1 saturated heterocycles. The summed E-state index contributed by atoms with van der Waals surface area (Å²) in [4.78, 5) is 37.9. The number of hydrogen-bond acceptors (Lipinski definition) is 7. The van der Waals surface area contributed by atoms with Crippen molar-refractivity contribution in [2.45, 2.75) is 32.9 Å². The first kappa shape index (κ1) is 21.7. The lowest BCUT2D eigenvalue weighted by atomic mass is 10.1. The standard InChI is InChI=1S/C22H29N5O3/c1-5-26(13-15(2)3)21-16-8-6-7-9-17(16)24-19(25-21)14-27-11-10-23-22(29)18(27)12-20(28)30-4/h6-9,18H,2,5,10-14H2,1,3-4H3,(H,23,29). The van der Waals surface area contributed by atoms with Crippen LogP contribution in [0.4, 0.5) is 5.82 Å². The summed E-state index contributed by atoms with van der Waals surface area (Å²) in [6.07, 6.45) is -0.000481. The van der Waals surface area contributed by atoms with E-state index in [0.717, 1.165) is 28.8 Å². The maximum absolute atomic E-state index is 12.4. The molecular formula is C22H29N5O3. The van der Waals surface area contributed by atoms with E-state index in [2.05, 4.69) is 23.7 Å². The van der Waals surface area contributed by atoms with Crippen molar-refractivity contribution in [1.82, 2.24) is 20.2 Å². The lowest BCUT2D eigenvalue weighted by Crippen LogP contribution is -2.55. The zero-order valence-corrected chi connectivity index (χ0v) is 17.9. The van der Waals surface area contributed by atoms with Gasteiger partial charge in [-0.3, -0.25) is 14.5 Å². The van der Waals surface area contributed by atoms with Crippen molar-refractivity contribution in [1.29, 1.82) is 0 Å². The molecule has 0 bridgehead atoms. The van der Waals surface area contributed by atoms with E-state index in [9.17, 15) is 9.59 Å². The summed E-state index contributed by atoms with van der Waals surface area (Å²) in [5.74, 6) is 0.881. The number of carbonyl (C=O) groups is 2. The molecule has 2 heterocycles. The Balaban J connectivity index is 1.96. The number of benzene rings is 1. The van der Waals surface area contributed by atoms with Crippen molar-refractivity contribution in [3.8, 4) is 0 Å². The number of esters is 1. The van der Waals surface area contributed by atoms with E-state index >= 15 is 0 Å². The summed E-state index contributed by atoms with van der Waals surface area (Å²) in [6, 6.07) is 7.32. The van der Waals surface area contributed by atoms with E-state index in [1.54, 1.807) is 0 Å². The summed E-state index contributed by atoms with van der Waals surface area (Å²) in [6.45, 7) is 11.1. The van der Waals surface area contributed by atoms with Crippen molar-refractivity contribution in [3.63, 3.8) is 0 Å². The molecule has 1 atom stereocenters.